The highest BCUT2D eigenvalue weighted by atomic mass is 16.1. The number of aryl methyl sites for hydroxylation is 2. The first-order chi connectivity index (χ1) is 7.02. The first-order valence-electron chi connectivity index (χ1n) is 5.42. The molecule has 2 heteroatoms. The largest absolute Gasteiger partial charge is 0.350 e. The van der Waals surface area contributed by atoms with Gasteiger partial charge in [-0.2, -0.15) is 0 Å². The van der Waals surface area contributed by atoms with Gasteiger partial charge in [-0.1, -0.05) is 24.1 Å². The van der Waals surface area contributed by atoms with Gasteiger partial charge < -0.3 is 5.32 Å². The van der Waals surface area contributed by atoms with E-state index >= 15 is 0 Å². The summed E-state index contributed by atoms with van der Waals surface area (Å²) in [6.45, 7) is 8.09. The molecule has 0 bridgehead atoms. The molecule has 0 aliphatic carbocycles. The Morgan fingerprint density at radius 3 is 2.27 bits per heavy atom. The Bertz CT molecular complexity index is 337. The van der Waals surface area contributed by atoms with Gasteiger partial charge in [0.15, 0.2) is 0 Å². The Kier molecular flexibility index (Phi) is 3.89. The third kappa shape index (κ3) is 3.39. The van der Waals surface area contributed by atoms with Crippen molar-refractivity contribution in [2.75, 3.05) is 0 Å². The van der Waals surface area contributed by atoms with Crippen LogP contribution in [0.2, 0.25) is 0 Å². The van der Waals surface area contributed by atoms with Crippen molar-refractivity contribution in [1.29, 1.82) is 0 Å². The van der Waals surface area contributed by atoms with Gasteiger partial charge in [-0.25, -0.2) is 0 Å². The minimum absolute atomic E-state index is 0.0242. The molecule has 0 heterocycles. The van der Waals surface area contributed by atoms with Crippen LogP contribution in [0.4, 0.5) is 0 Å². The molecule has 0 radical (unpaired) electrons. The van der Waals surface area contributed by atoms with Crippen LogP contribution in [-0.2, 0) is 0 Å². The van der Waals surface area contributed by atoms with Gasteiger partial charge in [0.1, 0.15) is 0 Å². The number of carbonyl (C=O) groups excluding carboxylic acids is 1. The lowest BCUT2D eigenvalue weighted by Crippen LogP contribution is -2.31. The van der Waals surface area contributed by atoms with E-state index in [9.17, 15) is 4.79 Å². The number of hydrogen-bond donors (Lipinski definition) is 1. The van der Waals surface area contributed by atoms with Crippen molar-refractivity contribution in [3.05, 3.63) is 34.9 Å². The summed E-state index contributed by atoms with van der Waals surface area (Å²) >= 11 is 0. The van der Waals surface area contributed by atoms with E-state index in [4.69, 9.17) is 0 Å². The molecule has 0 aliphatic rings. The normalized spacial score (nSPS) is 12.3. The van der Waals surface area contributed by atoms with E-state index in [2.05, 4.69) is 18.3 Å². The van der Waals surface area contributed by atoms with Crippen molar-refractivity contribution in [3.8, 4) is 0 Å². The zero-order valence-electron chi connectivity index (χ0n) is 9.92. The van der Waals surface area contributed by atoms with Crippen molar-refractivity contribution >= 4 is 5.91 Å². The molecule has 1 atom stereocenters. The summed E-state index contributed by atoms with van der Waals surface area (Å²) in [7, 11) is 0. The summed E-state index contributed by atoms with van der Waals surface area (Å²) in [6.07, 6.45) is 0.955. The quantitative estimate of drug-likeness (QED) is 0.807. The molecule has 1 aromatic rings. The highest BCUT2D eigenvalue weighted by Crippen LogP contribution is 2.09. The highest BCUT2D eigenvalue weighted by Gasteiger charge is 2.08. The standard InChI is InChI=1S/C13H19NO/c1-5-11(4)14-13(15)12-7-9(2)6-10(3)8-12/h6-8,11H,5H2,1-4H3,(H,14,15)/t11-/m1/s1. The molecule has 1 amide bonds. The van der Waals surface area contributed by atoms with Crippen LogP contribution in [0.25, 0.3) is 0 Å². The van der Waals surface area contributed by atoms with Crippen LogP contribution in [-0.4, -0.2) is 11.9 Å². The topological polar surface area (TPSA) is 29.1 Å². The first-order valence-corrected chi connectivity index (χ1v) is 5.42. The van der Waals surface area contributed by atoms with Crippen molar-refractivity contribution in [1.82, 2.24) is 5.32 Å². The second-order valence-electron chi connectivity index (χ2n) is 4.16. The van der Waals surface area contributed by atoms with Gasteiger partial charge in [-0.3, -0.25) is 4.79 Å². The maximum absolute atomic E-state index is 11.8. The van der Waals surface area contributed by atoms with Crippen molar-refractivity contribution in [3.63, 3.8) is 0 Å². The van der Waals surface area contributed by atoms with Crippen LogP contribution in [0.1, 0.15) is 41.8 Å². The van der Waals surface area contributed by atoms with Crippen LogP contribution in [0.5, 0.6) is 0 Å². The third-order valence-electron chi connectivity index (χ3n) is 2.47. The Hall–Kier alpha value is -1.31. The fourth-order valence-electron chi connectivity index (χ4n) is 1.51. The predicted molar refractivity (Wildman–Crippen MR) is 63.1 cm³/mol. The van der Waals surface area contributed by atoms with Crippen molar-refractivity contribution in [2.24, 2.45) is 0 Å². The van der Waals surface area contributed by atoms with E-state index in [-0.39, 0.29) is 11.9 Å². The molecule has 0 aliphatic heterocycles. The van der Waals surface area contributed by atoms with E-state index in [1.165, 1.54) is 0 Å². The summed E-state index contributed by atoms with van der Waals surface area (Å²) in [5.41, 5.74) is 3.02. The monoisotopic (exact) mass is 205 g/mol. The molecule has 1 rings (SSSR count). The van der Waals surface area contributed by atoms with Gasteiger partial charge in [-0.15, -0.1) is 0 Å². The summed E-state index contributed by atoms with van der Waals surface area (Å²) < 4.78 is 0. The molecule has 0 unspecified atom stereocenters. The Morgan fingerprint density at radius 2 is 1.80 bits per heavy atom. The molecular formula is C13H19NO. The molecule has 1 aromatic carbocycles. The molecule has 1 N–H and O–H groups in total. The van der Waals surface area contributed by atoms with E-state index in [0.717, 1.165) is 23.1 Å². The van der Waals surface area contributed by atoms with Crippen LogP contribution in [0, 0.1) is 13.8 Å². The molecule has 82 valence electrons. The van der Waals surface area contributed by atoms with Gasteiger partial charge in [-0.05, 0) is 39.3 Å². The smallest absolute Gasteiger partial charge is 0.251 e. The summed E-state index contributed by atoms with van der Waals surface area (Å²) in [4.78, 5) is 11.8. The number of benzene rings is 1. The van der Waals surface area contributed by atoms with Crippen molar-refractivity contribution in [2.45, 2.75) is 40.2 Å². The minimum atomic E-state index is 0.0242. The van der Waals surface area contributed by atoms with Crippen LogP contribution in [0.3, 0.4) is 0 Å². The SMILES string of the molecule is CC[C@@H](C)NC(=O)c1cc(C)cc(C)c1. The second kappa shape index (κ2) is 4.96. The number of hydrogen-bond acceptors (Lipinski definition) is 1. The van der Waals surface area contributed by atoms with Crippen LogP contribution < -0.4 is 5.32 Å². The Balaban J connectivity index is 2.82. The van der Waals surface area contributed by atoms with E-state index in [0.29, 0.717) is 0 Å². The molecule has 0 aromatic heterocycles. The van der Waals surface area contributed by atoms with E-state index in [1.54, 1.807) is 0 Å². The maximum atomic E-state index is 11.8. The predicted octanol–water partition coefficient (Wildman–Crippen LogP) is 2.83. The van der Waals surface area contributed by atoms with Gasteiger partial charge in [0.05, 0.1) is 0 Å². The fraction of sp³-hybridized carbons (Fsp3) is 0.462. The van der Waals surface area contributed by atoms with E-state index in [1.807, 2.05) is 32.9 Å². The molecule has 0 saturated heterocycles. The summed E-state index contributed by atoms with van der Waals surface area (Å²) in [5, 5.41) is 2.96. The molecule has 15 heavy (non-hydrogen) atoms. The van der Waals surface area contributed by atoms with Gasteiger partial charge in [0.25, 0.3) is 5.91 Å². The molecule has 0 saturated carbocycles. The maximum Gasteiger partial charge on any atom is 0.251 e. The molecular weight excluding hydrogens is 186 g/mol. The van der Waals surface area contributed by atoms with Crippen LogP contribution >= 0.6 is 0 Å². The lowest BCUT2D eigenvalue weighted by molar-refractivity contribution is 0.0939. The number of rotatable bonds is 3. The highest BCUT2D eigenvalue weighted by molar-refractivity contribution is 5.94. The zero-order chi connectivity index (χ0) is 11.4. The minimum Gasteiger partial charge on any atom is -0.350 e. The number of nitrogens with one attached hydrogen (secondary N) is 1. The summed E-state index contributed by atoms with van der Waals surface area (Å²) in [6, 6.07) is 6.15. The lowest BCUT2D eigenvalue weighted by Gasteiger charge is -2.12. The van der Waals surface area contributed by atoms with E-state index < -0.39 is 0 Å². The zero-order valence-corrected chi connectivity index (χ0v) is 9.92. The number of amides is 1. The van der Waals surface area contributed by atoms with Gasteiger partial charge >= 0.3 is 0 Å². The van der Waals surface area contributed by atoms with Gasteiger partial charge in [0, 0.05) is 11.6 Å². The van der Waals surface area contributed by atoms with Gasteiger partial charge in [0.2, 0.25) is 0 Å². The lowest BCUT2D eigenvalue weighted by atomic mass is 10.1. The molecule has 2 nitrogen and oxygen atoms in total. The molecule has 0 spiro atoms. The second-order valence-corrected chi connectivity index (χ2v) is 4.16. The number of carbonyl (C=O) groups is 1. The average molecular weight is 205 g/mol. The Labute approximate surface area is 91.7 Å². The molecule has 0 fully saturated rings. The third-order valence-corrected chi connectivity index (χ3v) is 2.47. The van der Waals surface area contributed by atoms with Crippen LogP contribution in [0.15, 0.2) is 18.2 Å². The summed E-state index contributed by atoms with van der Waals surface area (Å²) in [5.74, 6) is 0.0242. The Morgan fingerprint density at radius 1 is 1.27 bits per heavy atom. The first kappa shape index (κ1) is 11.8. The van der Waals surface area contributed by atoms with Crippen molar-refractivity contribution < 1.29 is 4.79 Å². The average Bonchev–Trinajstić information content (AvgIpc) is 2.16. The fourth-order valence-corrected chi connectivity index (χ4v) is 1.51.